The quantitative estimate of drug-likeness (QED) is 0.677. The summed E-state index contributed by atoms with van der Waals surface area (Å²) in [7, 11) is 5.30. The molecule has 0 saturated heterocycles. The summed E-state index contributed by atoms with van der Waals surface area (Å²) in [5.74, 6) is 0. The highest BCUT2D eigenvalue weighted by Crippen LogP contribution is 2.14. The molecule has 0 aromatic heterocycles. The number of hydrogen-bond donors (Lipinski definition) is 1. The monoisotopic (exact) mass is 173 g/mol. The first-order chi connectivity index (χ1) is 6.38. The molecule has 13 heavy (non-hydrogen) atoms. The lowest BCUT2D eigenvalue weighted by Gasteiger charge is -2.03. The topological polar surface area (TPSA) is 12.0 Å². The molecule has 0 heterocycles. The van der Waals surface area contributed by atoms with Crippen LogP contribution in [0, 0.1) is 0 Å². The van der Waals surface area contributed by atoms with Gasteiger partial charge in [-0.05, 0) is 18.6 Å². The van der Waals surface area contributed by atoms with Crippen LogP contribution in [0.15, 0.2) is 30.3 Å². The van der Waals surface area contributed by atoms with Crippen molar-refractivity contribution >= 4 is 19.7 Å². The Morgan fingerprint density at radius 2 is 1.85 bits per heavy atom. The van der Waals surface area contributed by atoms with E-state index < -0.39 is 0 Å². The summed E-state index contributed by atoms with van der Waals surface area (Å²) < 4.78 is 0. The Morgan fingerprint density at radius 1 is 1.23 bits per heavy atom. The SMILES string of the molecule is CC.[B]Nc1ccccc1/C=C/C. The van der Waals surface area contributed by atoms with E-state index in [0.717, 1.165) is 11.3 Å². The molecule has 2 heteroatoms. The van der Waals surface area contributed by atoms with Crippen LogP contribution in [-0.2, 0) is 0 Å². The van der Waals surface area contributed by atoms with E-state index in [1.54, 1.807) is 0 Å². The smallest absolute Gasteiger partial charge is 0.222 e. The van der Waals surface area contributed by atoms with Crippen molar-refractivity contribution in [2.24, 2.45) is 0 Å². The maximum Gasteiger partial charge on any atom is 0.222 e. The van der Waals surface area contributed by atoms with Gasteiger partial charge in [0.15, 0.2) is 0 Å². The van der Waals surface area contributed by atoms with E-state index in [4.69, 9.17) is 7.98 Å². The van der Waals surface area contributed by atoms with E-state index in [9.17, 15) is 0 Å². The fourth-order valence-corrected chi connectivity index (χ4v) is 0.953. The van der Waals surface area contributed by atoms with E-state index in [1.165, 1.54) is 0 Å². The molecule has 1 aromatic rings. The molecular formula is C11H16BN. The summed E-state index contributed by atoms with van der Waals surface area (Å²) in [6, 6.07) is 7.88. The highest BCUT2D eigenvalue weighted by Gasteiger charge is 1.91. The fourth-order valence-electron chi connectivity index (χ4n) is 0.953. The van der Waals surface area contributed by atoms with Crippen LogP contribution in [0.1, 0.15) is 26.3 Å². The van der Waals surface area contributed by atoms with Gasteiger partial charge in [0.1, 0.15) is 0 Å². The number of anilines is 1. The van der Waals surface area contributed by atoms with Gasteiger partial charge in [-0.3, -0.25) is 0 Å². The number of para-hydroxylation sites is 1. The highest BCUT2D eigenvalue weighted by molar-refractivity contribution is 6.16. The van der Waals surface area contributed by atoms with Gasteiger partial charge in [0.2, 0.25) is 7.98 Å². The standard InChI is InChI=1S/C9H10BN.C2H6/c1-2-5-8-6-3-4-7-9(8)11-10;1-2/h2-7,11H,1H3;1-2H3/b5-2+;. The first-order valence-corrected chi connectivity index (χ1v) is 4.57. The molecule has 0 unspecified atom stereocenters. The molecule has 0 fully saturated rings. The van der Waals surface area contributed by atoms with Crippen molar-refractivity contribution < 1.29 is 0 Å². The van der Waals surface area contributed by atoms with Crippen LogP contribution in [0.4, 0.5) is 5.69 Å². The summed E-state index contributed by atoms with van der Waals surface area (Å²) in [6.45, 7) is 5.98. The molecule has 0 aliphatic carbocycles. The number of nitrogens with one attached hydrogen (secondary N) is 1. The summed E-state index contributed by atoms with van der Waals surface area (Å²) in [5, 5.41) is 2.63. The van der Waals surface area contributed by atoms with Crippen molar-refractivity contribution in [1.82, 2.24) is 0 Å². The lowest BCUT2D eigenvalue weighted by Crippen LogP contribution is -1.92. The van der Waals surface area contributed by atoms with Crippen LogP contribution < -0.4 is 5.23 Å². The number of benzene rings is 1. The Balaban J connectivity index is 0.000000671. The predicted molar refractivity (Wildman–Crippen MR) is 61.9 cm³/mol. The molecule has 0 saturated carbocycles. The summed E-state index contributed by atoms with van der Waals surface area (Å²) in [5.41, 5.74) is 2.06. The van der Waals surface area contributed by atoms with Crippen molar-refractivity contribution in [2.45, 2.75) is 20.8 Å². The number of allylic oxidation sites excluding steroid dienone is 1. The molecule has 0 aliphatic rings. The van der Waals surface area contributed by atoms with E-state index >= 15 is 0 Å². The lowest BCUT2D eigenvalue weighted by atomic mass is 10.1. The van der Waals surface area contributed by atoms with Crippen LogP contribution >= 0.6 is 0 Å². The lowest BCUT2D eigenvalue weighted by molar-refractivity contribution is 1.50. The fraction of sp³-hybridized carbons (Fsp3) is 0.273. The zero-order valence-electron chi connectivity index (χ0n) is 8.54. The van der Waals surface area contributed by atoms with Gasteiger partial charge >= 0.3 is 0 Å². The largest absolute Gasteiger partial charge is 0.437 e. The first-order valence-electron chi connectivity index (χ1n) is 4.57. The molecule has 0 spiro atoms. The molecule has 2 radical (unpaired) electrons. The summed E-state index contributed by atoms with van der Waals surface area (Å²) in [6.07, 6.45) is 3.99. The molecule has 1 N–H and O–H groups in total. The second-order valence-corrected chi connectivity index (χ2v) is 2.23. The van der Waals surface area contributed by atoms with E-state index in [1.807, 2.05) is 57.2 Å². The second-order valence-electron chi connectivity index (χ2n) is 2.23. The Morgan fingerprint density at radius 3 is 2.38 bits per heavy atom. The van der Waals surface area contributed by atoms with E-state index in [2.05, 4.69) is 5.23 Å². The number of rotatable bonds is 2. The molecule has 68 valence electrons. The normalized spacial score (nSPS) is 9.15. The third-order valence-corrected chi connectivity index (χ3v) is 1.46. The van der Waals surface area contributed by atoms with E-state index in [-0.39, 0.29) is 0 Å². The molecule has 0 bridgehead atoms. The molecule has 0 aliphatic heterocycles. The van der Waals surface area contributed by atoms with Crippen molar-refractivity contribution in [3.8, 4) is 0 Å². The average Bonchev–Trinajstić information content (AvgIpc) is 2.22. The third kappa shape index (κ3) is 3.84. The van der Waals surface area contributed by atoms with Gasteiger partial charge in [-0.1, -0.05) is 44.2 Å². The van der Waals surface area contributed by atoms with Crippen molar-refractivity contribution in [2.75, 3.05) is 5.23 Å². The minimum atomic E-state index is 0.950. The molecule has 0 amide bonds. The van der Waals surface area contributed by atoms with Gasteiger partial charge in [0.25, 0.3) is 0 Å². The van der Waals surface area contributed by atoms with Crippen molar-refractivity contribution in [3.05, 3.63) is 35.9 Å². The zero-order chi connectivity index (χ0) is 10.1. The summed E-state index contributed by atoms with van der Waals surface area (Å²) >= 11 is 0. The van der Waals surface area contributed by atoms with Gasteiger partial charge in [0, 0.05) is 5.69 Å². The van der Waals surface area contributed by atoms with Crippen LogP contribution in [0.5, 0.6) is 0 Å². The Labute approximate surface area is 82.3 Å². The Hall–Kier alpha value is -1.18. The molecule has 1 aromatic carbocycles. The van der Waals surface area contributed by atoms with Crippen LogP contribution in [0.25, 0.3) is 6.08 Å². The predicted octanol–water partition coefficient (Wildman–Crippen LogP) is 3.24. The number of hydrogen-bond acceptors (Lipinski definition) is 1. The molecule has 1 rings (SSSR count). The Kier molecular flexibility index (Phi) is 6.80. The van der Waals surface area contributed by atoms with Crippen molar-refractivity contribution in [3.63, 3.8) is 0 Å². The summed E-state index contributed by atoms with van der Waals surface area (Å²) in [4.78, 5) is 0. The van der Waals surface area contributed by atoms with Gasteiger partial charge in [-0.15, -0.1) is 0 Å². The minimum Gasteiger partial charge on any atom is -0.437 e. The highest BCUT2D eigenvalue weighted by atomic mass is 14.7. The zero-order valence-corrected chi connectivity index (χ0v) is 8.54. The van der Waals surface area contributed by atoms with Gasteiger partial charge in [0.05, 0.1) is 0 Å². The second kappa shape index (κ2) is 7.47. The van der Waals surface area contributed by atoms with E-state index in [0.29, 0.717) is 0 Å². The van der Waals surface area contributed by atoms with Crippen LogP contribution in [0.2, 0.25) is 0 Å². The molecule has 0 atom stereocenters. The van der Waals surface area contributed by atoms with Gasteiger partial charge in [-0.25, -0.2) is 0 Å². The van der Waals surface area contributed by atoms with Crippen LogP contribution in [0.3, 0.4) is 0 Å². The van der Waals surface area contributed by atoms with Crippen LogP contribution in [-0.4, -0.2) is 7.98 Å². The van der Waals surface area contributed by atoms with Gasteiger partial charge in [-0.2, -0.15) is 0 Å². The maximum absolute atomic E-state index is 5.30. The minimum absolute atomic E-state index is 0.950. The molecule has 1 nitrogen and oxygen atoms in total. The Bertz CT molecular complexity index is 256. The molecular weight excluding hydrogens is 157 g/mol. The van der Waals surface area contributed by atoms with Crippen molar-refractivity contribution in [1.29, 1.82) is 0 Å². The third-order valence-electron chi connectivity index (χ3n) is 1.46. The first kappa shape index (κ1) is 11.8. The average molecular weight is 173 g/mol. The maximum atomic E-state index is 5.30. The van der Waals surface area contributed by atoms with Gasteiger partial charge < -0.3 is 5.23 Å².